The molecule has 1 aliphatic carbocycles. The number of hydrogen-bond donors (Lipinski definition) is 1. The van der Waals surface area contributed by atoms with Gasteiger partial charge in [0.15, 0.2) is 0 Å². The van der Waals surface area contributed by atoms with Crippen molar-refractivity contribution >= 4 is 12.0 Å². The van der Waals surface area contributed by atoms with Crippen LogP contribution in [0.15, 0.2) is 17.1 Å². The zero-order valence-corrected chi connectivity index (χ0v) is 8.56. The Morgan fingerprint density at radius 1 is 1.47 bits per heavy atom. The molecule has 1 aliphatic rings. The summed E-state index contributed by atoms with van der Waals surface area (Å²) in [6.07, 6.45) is 8.71. The highest BCUT2D eigenvalue weighted by atomic mass is 16.4. The average Bonchev–Trinajstić information content (AvgIpc) is 2.24. The molecule has 0 aromatic rings. The predicted octanol–water partition coefficient (Wildman–Crippen LogP) is 1.77. The molecule has 2 unspecified atom stereocenters. The van der Waals surface area contributed by atoms with Crippen molar-refractivity contribution in [1.29, 1.82) is 0 Å². The second-order valence-electron chi connectivity index (χ2n) is 3.84. The Balaban J connectivity index is 2.56. The molecular weight excluding hydrogens is 194 g/mol. The summed E-state index contributed by atoms with van der Waals surface area (Å²) in [6, 6.07) is 0. The van der Waals surface area contributed by atoms with Crippen molar-refractivity contribution in [2.24, 2.45) is 16.8 Å². The number of hydrogen-bond acceptors (Lipinski definition) is 3. The van der Waals surface area contributed by atoms with E-state index in [1.807, 2.05) is 0 Å². The molecule has 1 rings (SSSR count). The lowest BCUT2D eigenvalue weighted by atomic mass is 9.79. The molecule has 0 spiro atoms. The molecule has 15 heavy (non-hydrogen) atoms. The summed E-state index contributed by atoms with van der Waals surface area (Å²) in [5.41, 5.74) is 0. The number of nitrogens with zero attached hydrogens (tertiary/aromatic N) is 1. The Morgan fingerprint density at radius 3 is 2.87 bits per heavy atom. The number of rotatable bonds is 4. The van der Waals surface area contributed by atoms with E-state index < -0.39 is 5.97 Å². The van der Waals surface area contributed by atoms with Gasteiger partial charge < -0.3 is 5.11 Å². The Morgan fingerprint density at radius 2 is 2.20 bits per heavy atom. The number of carboxylic acids is 1. The highest BCUT2D eigenvalue weighted by molar-refractivity contribution is 5.79. The lowest BCUT2D eigenvalue weighted by Gasteiger charge is -2.27. The van der Waals surface area contributed by atoms with Crippen molar-refractivity contribution in [3.63, 3.8) is 0 Å². The number of aliphatic carboxylic acids is 1. The third kappa shape index (κ3) is 4.09. The number of aliphatic imine (C=N–C) groups is 1. The summed E-state index contributed by atoms with van der Waals surface area (Å²) in [4.78, 5) is 24.0. The summed E-state index contributed by atoms with van der Waals surface area (Å²) in [7, 11) is 0. The highest BCUT2D eigenvalue weighted by Gasteiger charge is 2.22. The fourth-order valence-corrected chi connectivity index (χ4v) is 2.08. The predicted molar refractivity (Wildman–Crippen MR) is 55.2 cm³/mol. The van der Waals surface area contributed by atoms with Crippen LogP contribution in [0.4, 0.5) is 0 Å². The molecule has 0 amide bonds. The Labute approximate surface area is 88.7 Å². The van der Waals surface area contributed by atoms with Crippen LogP contribution in [-0.4, -0.2) is 23.7 Å². The minimum absolute atomic E-state index is 0.243. The van der Waals surface area contributed by atoms with E-state index in [9.17, 15) is 9.59 Å². The Kier molecular flexibility index (Phi) is 4.78. The van der Waals surface area contributed by atoms with Crippen LogP contribution >= 0.6 is 0 Å². The summed E-state index contributed by atoms with van der Waals surface area (Å²) in [6.45, 7) is 0.470. The van der Waals surface area contributed by atoms with E-state index in [4.69, 9.17) is 5.11 Å². The van der Waals surface area contributed by atoms with Gasteiger partial charge >= 0.3 is 5.97 Å². The molecule has 4 heteroatoms. The molecule has 1 fully saturated rings. The first kappa shape index (κ1) is 11.7. The first-order chi connectivity index (χ1) is 7.24. The number of carboxylic acid groups (broad SMARTS) is 1. The summed E-state index contributed by atoms with van der Waals surface area (Å²) < 4.78 is 0. The molecule has 1 saturated carbocycles. The summed E-state index contributed by atoms with van der Waals surface area (Å²) >= 11 is 0. The molecule has 0 bridgehead atoms. The van der Waals surface area contributed by atoms with Crippen molar-refractivity contribution in [2.45, 2.75) is 25.7 Å². The van der Waals surface area contributed by atoms with Crippen LogP contribution in [0, 0.1) is 11.8 Å². The number of carbonyl (C=O) groups excluding carboxylic acids is 1. The second-order valence-corrected chi connectivity index (χ2v) is 3.84. The van der Waals surface area contributed by atoms with Gasteiger partial charge in [0.25, 0.3) is 0 Å². The number of allylic oxidation sites excluding steroid dienone is 1. The van der Waals surface area contributed by atoms with E-state index in [1.54, 1.807) is 6.08 Å². The molecule has 82 valence electrons. The number of carbonyl (C=O) groups is 1. The van der Waals surface area contributed by atoms with Crippen LogP contribution in [0.25, 0.3) is 0 Å². The lowest BCUT2D eigenvalue weighted by molar-refractivity contribution is -0.131. The zero-order chi connectivity index (χ0) is 11.1. The van der Waals surface area contributed by atoms with E-state index in [0.29, 0.717) is 12.5 Å². The average molecular weight is 209 g/mol. The lowest BCUT2D eigenvalue weighted by Crippen LogP contribution is -2.20. The van der Waals surface area contributed by atoms with Crippen molar-refractivity contribution in [2.75, 3.05) is 6.54 Å². The van der Waals surface area contributed by atoms with Gasteiger partial charge in [0.2, 0.25) is 6.08 Å². The van der Waals surface area contributed by atoms with Crippen LogP contribution in [0.2, 0.25) is 0 Å². The molecule has 0 radical (unpaired) electrons. The van der Waals surface area contributed by atoms with Gasteiger partial charge in [-0.05, 0) is 24.7 Å². The van der Waals surface area contributed by atoms with E-state index in [0.717, 1.165) is 25.7 Å². The molecule has 0 aromatic carbocycles. The van der Waals surface area contributed by atoms with Gasteiger partial charge in [-0.15, -0.1) is 0 Å². The van der Waals surface area contributed by atoms with Gasteiger partial charge in [-0.1, -0.05) is 18.9 Å². The van der Waals surface area contributed by atoms with Gasteiger partial charge in [0.05, 0.1) is 6.54 Å². The van der Waals surface area contributed by atoms with Gasteiger partial charge in [0.1, 0.15) is 0 Å². The SMILES string of the molecule is O=C=NCC1CCCCC1C=CC(=O)O. The van der Waals surface area contributed by atoms with Gasteiger partial charge in [-0.25, -0.2) is 14.6 Å². The molecule has 0 heterocycles. The van der Waals surface area contributed by atoms with E-state index in [1.165, 1.54) is 12.2 Å². The largest absolute Gasteiger partial charge is 0.478 e. The molecule has 0 saturated heterocycles. The van der Waals surface area contributed by atoms with Gasteiger partial charge in [0, 0.05) is 6.08 Å². The maximum absolute atomic E-state index is 10.4. The van der Waals surface area contributed by atoms with E-state index in [2.05, 4.69) is 4.99 Å². The van der Waals surface area contributed by atoms with Crippen LogP contribution < -0.4 is 0 Å². The van der Waals surface area contributed by atoms with Crippen LogP contribution in [0.1, 0.15) is 25.7 Å². The Bertz CT molecular complexity index is 292. The van der Waals surface area contributed by atoms with E-state index in [-0.39, 0.29) is 5.92 Å². The first-order valence-electron chi connectivity index (χ1n) is 5.19. The zero-order valence-electron chi connectivity index (χ0n) is 8.56. The molecule has 0 aromatic heterocycles. The number of isocyanates is 1. The second kappa shape index (κ2) is 6.14. The quantitative estimate of drug-likeness (QED) is 0.436. The monoisotopic (exact) mass is 209 g/mol. The molecule has 0 aliphatic heterocycles. The van der Waals surface area contributed by atoms with Crippen LogP contribution in [0.5, 0.6) is 0 Å². The Hall–Kier alpha value is -1.41. The van der Waals surface area contributed by atoms with Crippen LogP contribution in [-0.2, 0) is 9.59 Å². The van der Waals surface area contributed by atoms with Crippen molar-refractivity contribution in [3.05, 3.63) is 12.2 Å². The topological polar surface area (TPSA) is 66.7 Å². The van der Waals surface area contributed by atoms with Crippen LogP contribution in [0.3, 0.4) is 0 Å². The fraction of sp³-hybridized carbons (Fsp3) is 0.636. The minimum Gasteiger partial charge on any atom is -0.478 e. The first-order valence-corrected chi connectivity index (χ1v) is 5.19. The highest BCUT2D eigenvalue weighted by Crippen LogP contribution is 2.31. The van der Waals surface area contributed by atoms with Gasteiger partial charge in [-0.3, -0.25) is 0 Å². The maximum Gasteiger partial charge on any atom is 0.327 e. The third-order valence-corrected chi connectivity index (χ3v) is 2.84. The summed E-state index contributed by atoms with van der Waals surface area (Å²) in [5.74, 6) is -0.374. The molecular formula is C11H15NO3. The van der Waals surface area contributed by atoms with Crippen molar-refractivity contribution in [1.82, 2.24) is 0 Å². The molecule has 1 N–H and O–H groups in total. The minimum atomic E-state index is -0.918. The maximum atomic E-state index is 10.4. The van der Waals surface area contributed by atoms with Crippen molar-refractivity contribution in [3.8, 4) is 0 Å². The molecule has 2 atom stereocenters. The third-order valence-electron chi connectivity index (χ3n) is 2.84. The molecule has 4 nitrogen and oxygen atoms in total. The summed E-state index contributed by atoms with van der Waals surface area (Å²) in [5, 5.41) is 8.53. The van der Waals surface area contributed by atoms with E-state index >= 15 is 0 Å². The smallest absolute Gasteiger partial charge is 0.327 e. The standard InChI is InChI=1S/C11H15NO3/c13-8-12-7-10-4-2-1-3-9(10)5-6-11(14)15/h5-6,9-10H,1-4,7H2,(H,14,15). The normalized spacial score (nSPS) is 26.1. The van der Waals surface area contributed by atoms with Gasteiger partial charge in [-0.2, -0.15) is 0 Å². The fourth-order valence-electron chi connectivity index (χ4n) is 2.08. The van der Waals surface area contributed by atoms with Crippen molar-refractivity contribution < 1.29 is 14.7 Å².